The van der Waals surface area contributed by atoms with E-state index in [-0.39, 0.29) is 0 Å². The van der Waals surface area contributed by atoms with E-state index in [0.29, 0.717) is 0 Å². The highest BCUT2D eigenvalue weighted by molar-refractivity contribution is 5.83. The summed E-state index contributed by atoms with van der Waals surface area (Å²) in [4.78, 5) is 6.02. The van der Waals surface area contributed by atoms with Gasteiger partial charge in [-0.2, -0.15) is 0 Å². The number of nitrogens with one attached hydrogen (secondary N) is 1. The van der Waals surface area contributed by atoms with Gasteiger partial charge in [-0.1, -0.05) is 48.0 Å². The highest BCUT2D eigenvalue weighted by Crippen LogP contribution is 2.28. The largest absolute Gasteiger partial charge is 0.361 e. The summed E-state index contributed by atoms with van der Waals surface area (Å²) in [6.45, 7) is 5.78. The summed E-state index contributed by atoms with van der Waals surface area (Å²) in [5.41, 5.74) is 5.59. The second-order valence-corrected chi connectivity index (χ2v) is 7.14. The van der Waals surface area contributed by atoms with Crippen molar-refractivity contribution in [1.82, 2.24) is 9.88 Å². The molecule has 0 amide bonds. The predicted octanol–water partition coefficient (Wildman–Crippen LogP) is 4.90. The molecular weight excluding hydrogens is 292 g/mol. The first-order valence-electron chi connectivity index (χ1n) is 9.13. The van der Waals surface area contributed by atoms with E-state index >= 15 is 0 Å². The molecular formula is C22H26N2. The van der Waals surface area contributed by atoms with Crippen molar-refractivity contribution < 1.29 is 0 Å². The number of fused-ring (bicyclic) bond motifs is 1. The zero-order valence-electron chi connectivity index (χ0n) is 14.5. The van der Waals surface area contributed by atoms with Gasteiger partial charge in [-0.25, -0.2) is 0 Å². The molecule has 124 valence electrons. The van der Waals surface area contributed by atoms with Crippen molar-refractivity contribution in [1.29, 1.82) is 0 Å². The fraction of sp³-hybridized carbons (Fsp3) is 0.364. The summed E-state index contributed by atoms with van der Waals surface area (Å²) in [6, 6.07) is 17.8. The Kier molecular flexibility index (Phi) is 4.40. The maximum absolute atomic E-state index is 3.39. The minimum Gasteiger partial charge on any atom is -0.361 e. The molecule has 2 heteroatoms. The number of aromatic amines is 1. The number of aromatic nitrogens is 1. The molecule has 0 atom stereocenters. The Hall–Kier alpha value is -2.06. The van der Waals surface area contributed by atoms with Crippen LogP contribution in [0.2, 0.25) is 0 Å². The molecule has 4 rings (SSSR count). The molecule has 1 aliphatic rings. The van der Waals surface area contributed by atoms with Crippen molar-refractivity contribution in [2.75, 3.05) is 19.6 Å². The second-order valence-electron chi connectivity index (χ2n) is 7.14. The molecule has 3 aromatic rings. The standard InChI is InChI=1S/C22H26N2/c1-17-6-8-18(9-7-17)19-10-13-24(14-11-19)15-12-20-16-23-22-5-3-2-4-21(20)22/h2-9,16,19,23H,10-15H2,1H3. The first kappa shape index (κ1) is 15.5. The average molecular weight is 318 g/mol. The zero-order chi connectivity index (χ0) is 16.4. The third-order valence-electron chi connectivity index (χ3n) is 5.51. The monoisotopic (exact) mass is 318 g/mol. The van der Waals surface area contributed by atoms with Gasteiger partial charge >= 0.3 is 0 Å². The normalized spacial score (nSPS) is 16.7. The number of hydrogen-bond acceptors (Lipinski definition) is 1. The zero-order valence-corrected chi connectivity index (χ0v) is 14.5. The van der Waals surface area contributed by atoms with Crippen molar-refractivity contribution in [2.45, 2.75) is 32.1 Å². The summed E-state index contributed by atoms with van der Waals surface area (Å²) in [5, 5.41) is 1.38. The second kappa shape index (κ2) is 6.82. The molecule has 1 fully saturated rings. The van der Waals surface area contributed by atoms with E-state index in [1.807, 2.05) is 0 Å². The molecule has 0 saturated carbocycles. The number of aryl methyl sites for hydroxylation is 1. The Morgan fingerprint density at radius 1 is 1.00 bits per heavy atom. The molecule has 1 saturated heterocycles. The summed E-state index contributed by atoms with van der Waals surface area (Å²) >= 11 is 0. The van der Waals surface area contributed by atoms with Crippen LogP contribution >= 0.6 is 0 Å². The lowest BCUT2D eigenvalue weighted by molar-refractivity contribution is 0.215. The number of likely N-dealkylation sites (tertiary alicyclic amines) is 1. The average Bonchev–Trinajstić information content (AvgIpc) is 3.04. The highest BCUT2D eigenvalue weighted by Gasteiger charge is 2.20. The van der Waals surface area contributed by atoms with Crippen LogP contribution in [0.5, 0.6) is 0 Å². The molecule has 1 aliphatic heterocycles. The smallest absolute Gasteiger partial charge is 0.0456 e. The fourth-order valence-electron chi connectivity index (χ4n) is 3.95. The van der Waals surface area contributed by atoms with E-state index in [0.717, 1.165) is 12.3 Å². The molecule has 0 radical (unpaired) electrons. The molecule has 1 aromatic heterocycles. The highest BCUT2D eigenvalue weighted by atomic mass is 15.1. The molecule has 0 unspecified atom stereocenters. The van der Waals surface area contributed by atoms with Crippen LogP contribution in [0.1, 0.15) is 35.4 Å². The van der Waals surface area contributed by atoms with Gasteiger partial charge in [0.25, 0.3) is 0 Å². The molecule has 2 nitrogen and oxygen atoms in total. The van der Waals surface area contributed by atoms with Crippen molar-refractivity contribution in [3.05, 3.63) is 71.4 Å². The Morgan fingerprint density at radius 3 is 2.54 bits per heavy atom. The maximum atomic E-state index is 3.39. The number of H-pyrrole nitrogens is 1. The van der Waals surface area contributed by atoms with Gasteiger partial charge < -0.3 is 9.88 Å². The van der Waals surface area contributed by atoms with Crippen LogP contribution in [0.25, 0.3) is 10.9 Å². The van der Waals surface area contributed by atoms with Gasteiger partial charge in [0, 0.05) is 23.6 Å². The van der Waals surface area contributed by atoms with Crippen LogP contribution in [0.15, 0.2) is 54.7 Å². The lowest BCUT2D eigenvalue weighted by Crippen LogP contribution is -2.34. The molecule has 0 bridgehead atoms. The first-order valence-corrected chi connectivity index (χ1v) is 9.13. The van der Waals surface area contributed by atoms with Crippen LogP contribution < -0.4 is 0 Å². The number of nitrogens with zero attached hydrogens (tertiary/aromatic N) is 1. The minimum absolute atomic E-state index is 0.745. The van der Waals surface area contributed by atoms with Crippen LogP contribution in [0.4, 0.5) is 0 Å². The van der Waals surface area contributed by atoms with E-state index in [2.05, 4.69) is 71.5 Å². The number of benzene rings is 2. The SMILES string of the molecule is Cc1ccc(C2CCN(CCc3c[nH]c4ccccc34)CC2)cc1. The van der Waals surface area contributed by atoms with Gasteiger partial charge in [-0.05, 0) is 62.4 Å². The summed E-state index contributed by atoms with van der Waals surface area (Å²) in [5.74, 6) is 0.745. The first-order chi connectivity index (χ1) is 11.8. The summed E-state index contributed by atoms with van der Waals surface area (Å²) in [7, 11) is 0. The lowest BCUT2D eigenvalue weighted by atomic mass is 9.89. The minimum atomic E-state index is 0.745. The molecule has 0 spiro atoms. The number of rotatable bonds is 4. The molecule has 1 N–H and O–H groups in total. The number of hydrogen-bond donors (Lipinski definition) is 1. The van der Waals surface area contributed by atoms with E-state index in [4.69, 9.17) is 0 Å². The summed E-state index contributed by atoms with van der Waals surface area (Å²) in [6.07, 6.45) is 5.90. The summed E-state index contributed by atoms with van der Waals surface area (Å²) < 4.78 is 0. The van der Waals surface area contributed by atoms with Gasteiger partial charge in [0.2, 0.25) is 0 Å². The molecule has 0 aliphatic carbocycles. The van der Waals surface area contributed by atoms with E-state index in [1.165, 1.54) is 60.1 Å². The Bertz CT molecular complexity index is 792. The van der Waals surface area contributed by atoms with Gasteiger partial charge in [0.05, 0.1) is 0 Å². The lowest BCUT2D eigenvalue weighted by Gasteiger charge is -2.32. The van der Waals surface area contributed by atoms with Crippen molar-refractivity contribution in [3.8, 4) is 0 Å². The fourth-order valence-corrected chi connectivity index (χ4v) is 3.95. The van der Waals surface area contributed by atoms with Crippen molar-refractivity contribution >= 4 is 10.9 Å². The van der Waals surface area contributed by atoms with Crippen LogP contribution in [0, 0.1) is 6.92 Å². The topological polar surface area (TPSA) is 19.0 Å². The van der Waals surface area contributed by atoms with Crippen LogP contribution in [-0.4, -0.2) is 29.5 Å². The molecule has 2 heterocycles. The van der Waals surface area contributed by atoms with Crippen molar-refractivity contribution in [2.24, 2.45) is 0 Å². The van der Waals surface area contributed by atoms with Gasteiger partial charge in [-0.15, -0.1) is 0 Å². The number of para-hydroxylation sites is 1. The van der Waals surface area contributed by atoms with E-state index in [1.54, 1.807) is 0 Å². The Labute approximate surface area is 144 Å². The van der Waals surface area contributed by atoms with Crippen LogP contribution in [-0.2, 0) is 6.42 Å². The molecule has 2 aromatic carbocycles. The Balaban J connectivity index is 1.32. The predicted molar refractivity (Wildman–Crippen MR) is 102 cm³/mol. The quantitative estimate of drug-likeness (QED) is 0.725. The third kappa shape index (κ3) is 3.25. The number of piperidine rings is 1. The third-order valence-corrected chi connectivity index (χ3v) is 5.51. The van der Waals surface area contributed by atoms with E-state index in [9.17, 15) is 0 Å². The van der Waals surface area contributed by atoms with Gasteiger partial charge in [0.15, 0.2) is 0 Å². The maximum Gasteiger partial charge on any atom is 0.0456 e. The van der Waals surface area contributed by atoms with Gasteiger partial charge in [-0.3, -0.25) is 0 Å². The Morgan fingerprint density at radius 2 is 1.75 bits per heavy atom. The van der Waals surface area contributed by atoms with Gasteiger partial charge in [0.1, 0.15) is 0 Å². The van der Waals surface area contributed by atoms with E-state index < -0.39 is 0 Å². The van der Waals surface area contributed by atoms with Crippen molar-refractivity contribution in [3.63, 3.8) is 0 Å². The molecule has 24 heavy (non-hydrogen) atoms. The van der Waals surface area contributed by atoms with Crippen LogP contribution in [0.3, 0.4) is 0 Å².